The van der Waals surface area contributed by atoms with Crippen LogP contribution >= 0.6 is 0 Å². The minimum atomic E-state index is -0.861. The van der Waals surface area contributed by atoms with Crippen LogP contribution in [0.4, 0.5) is 8.78 Å². The molecule has 0 fully saturated rings. The van der Waals surface area contributed by atoms with Crippen molar-refractivity contribution in [2.24, 2.45) is 0 Å². The summed E-state index contributed by atoms with van der Waals surface area (Å²) in [6, 6.07) is 6.86. The number of fused-ring (bicyclic) bond motifs is 2. The summed E-state index contributed by atoms with van der Waals surface area (Å²) >= 11 is 0. The monoisotopic (exact) mass is 374 g/mol. The fraction of sp³-hybridized carbons (Fsp3) is 0.381. The van der Waals surface area contributed by atoms with Gasteiger partial charge in [0.2, 0.25) is 0 Å². The Morgan fingerprint density at radius 2 is 1.74 bits per heavy atom. The lowest BCUT2D eigenvalue weighted by Crippen LogP contribution is -2.30. The van der Waals surface area contributed by atoms with Gasteiger partial charge in [0.15, 0.2) is 5.43 Å². The first-order chi connectivity index (χ1) is 13.0. The van der Waals surface area contributed by atoms with E-state index in [9.17, 15) is 13.6 Å². The summed E-state index contributed by atoms with van der Waals surface area (Å²) in [7, 11) is 0. The van der Waals surface area contributed by atoms with E-state index in [0.717, 1.165) is 44.6 Å². The maximum Gasteiger partial charge on any atom is 0.200 e. The maximum absolute atomic E-state index is 14.0. The first-order valence-electron chi connectivity index (χ1n) is 9.33. The molecule has 0 radical (unpaired) electrons. The Kier molecular flexibility index (Phi) is 6.06. The van der Waals surface area contributed by atoms with E-state index in [0.29, 0.717) is 23.3 Å². The summed E-state index contributed by atoms with van der Waals surface area (Å²) in [6.07, 6.45) is 2.19. The molecule has 0 unspecified atom stereocenters. The predicted molar refractivity (Wildman–Crippen MR) is 105 cm³/mol. The average molecular weight is 374 g/mol. The van der Waals surface area contributed by atoms with Crippen LogP contribution in [0.15, 0.2) is 35.1 Å². The molecule has 0 saturated carbocycles. The van der Waals surface area contributed by atoms with Gasteiger partial charge in [-0.2, -0.15) is 0 Å². The summed E-state index contributed by atoms with van der Waals surface area (Å²) in [6.45, 7) is 7.73. The molecule has 6 heteroatoms. The smallest absolute Gasteiger partial charge is 0.200 e. The van der Waals surface area contributed by atoms with Crippen molar-refractivity contribution < 1.29 is 13.5 Å². The summed E-state index contributed by atoms with van der Waals surface area (Å²) in [5, 5.41) is 0.214. The van der Waals surface area contributed by atoms with Crippen LogP contribution in [0.1, 0.15) is 26.7 Å². The minimum absolute atomic E-state index is 0.132. The van der Waals surface area contributed by atoms with Crippen molar-refractivity contribution in [3.8, 4) is 5.75 Å². The summed E-state index contributed by atoms with van der Waals surface area (Å²) in [5.74, 6) is -0.975. The number of hydrogen-bond acceptors (Lipinski definition) is 3. The van der Waals surface area contributed by atoms with Crippen molar-refractivity contribution in [2.75, 3.05) is 26.2 Å². The largest absolute Gasteiger partial charge is 0.492 e. The lowest BCUT2D eigenvalue weighted by molar-refractivity contribution is 0.209. The quantitative estimate of drug-likeness (QED) is 0.592. The number of halogens is 2. The molecule has 27 heavy (non-hydrogen) atoms. The molecule has 1 heterocycles. The maximum atomic E-state index is 14.0. The molecule has 1 aromatic heterocycles. The van der Waals surface area contributed by atoms with Crippen molar-refractivity contribution in [1.29, 1.82) is 0 Å². The topological polar surface area (TPSA) is 45.3 Å². The molecule has 4 nitrogen and oxygen atoms in total. The number of nitrogens with one attached hydrogen (secondary N) is 1. The summed E-state index contributed by atoms with van der Waals surface area (Å²) in [4.78, 5) is 17.8. The molecule has 0 atom stereocenters. The van der Waals surface area contributed by atoms with Crippen molar-refractivity contribution in [3.05, 3.63) is 52.2 Å². The number of benzene rings is 2. The predicted octanol–water partition coefficient (Wildman–Crippen LogP) is 4.46. The molecule has 0 aliphatic rings. The van der Waals surface area contributed by atoms with Gasteiger partial charge in [-0.15, -0.1) is 0 Å². The molecule has 0 amide bonds. The van der Waals surface area contributed by atoms with E-state index in [4.69, 9.17) is 4.74 Å². The Balaban J connectivity index is 1.85. The number of hydrogen-bond donors (Lipinski definition) is 1. The highest BCUT2D eigenvalue weighted by Crippen LogP contribution is 2.22. The molecule has 1 N–H and O–H groups in total. The van der Waals surface area contributed by atoms with Crippen LogP contribution in [0.5, 0.6) is 5.75 Å². The molecule has 2 aromatic carbocycles. The van der Waals surface area contributed by atoms with E-state index in [1.54, 1.807) is 18.2 Å². The second-order valence-corrected chi connectivity index (χ2v) is 6.66. The zero-order valence-corrected chi connectivity index (χ0v) is 15.6. The van der Waals surface area contributed by atoms with Crippen LogP contribution in [0, 0.1) is 11.6 Å². The van der Waals surface area contributed by atoms with E-state index in [2.05, 4.69) is 23.7 Å². The Morgan fingerprint density at radius 3 is 2.44 bits per heavy atom. The average Bonchev–Trinajstić information content (AvgIpc) is 2.61. The van der Waals surface area contributed by atoms with Crippen LogP contribution < -0.4 is 10.2 Å². The lowest BCUT2D eigenvalue weighted by Gasteiger charge is -2.20. The van der Waals surface area contributed by atoms with Gasteiger partial charge in [0.05, 0.1) is 16.4 Å². The number of ether oxygens (including phenoxy) is 1. The van der Waals surface area contributed by atoms with Gasteiger partial charge in [-0.1, -0.05) is 13.8 Å². The first kappa shape index (κ1) is 19.3. The molecule has 3 rings (SSSR count). The van der Waals surface area contributed by atoms with E-state index in [1.807, 2.05) is 0 Å². The Hall–Kier alpha value is -2.47. The highest BCUT2D eigenvalue weighted by molar-refractivity contribution is 5.93. The van der Waals surface area contributed by atoms with Gasteiger partial charge in [-0.05, 0) is 44.1 Å². The van der Waals surface area contributed by atoms with Crippen molar-refractivity contribution in [3.63, 3.8) is 0 Å². The van der Waals surface area contributed by atoms with Crippen LogP contribution in [-0.4, -0.2) is 36.1 Å². The SMILES string of the molecule is CCCN(CCC)CCOc1ccc2c(=O)c3c(F)cc(F)cc3[nH]c2c1. The van der Waals surface area contributed by atoms with Gasteiger partial charge in [0.25, 0.3) is 0 Å². The van der Waals surface area contributed by atoms with E-state index >= 15 is 0 Å². The van der Waals surface area contributed by atoms with Crippen molar-refractivity contribution in [1.82, 2.24) is 9.88 Å². The Bertz CT molecular complexity index is 995. The normalized spacial score (nSPS) is 11.6. The molecular formula is C21H24F2N2O2. The zero-order valence-electron chi connectivity index (χ0n) is 15.6. The molecule has 0 spiro atoms. The van der Waals surface area contributed by atoms with Crippen LogP contribution in [-0.2, 0) is 0 Å². The molecule has 0 aliphatic carbocycles. The fourth-order valence-electron chi connectivity index (χ4n) is 3.36. The second kappa shape index (κ2) is 8.48. The highest BCUT2D eigenvalue weighted by atomic mass is 19.1. The first-order valence-corrected chi connectivity index (χ1v) is 9.33. The zero-order chi connectivity index (χ0) is 19.4. The molecule has 0 saturated heterocycles. The summed E-state index contributed by atoms with van der Waals surface area (Å²) in [5.41, 5.74) is 0.174. The third-order valence-electron chi connectivity index (χ3n) is 4.54. The Morgan fingerprint density at radius 1 is 1.00 bits per heavy atom. The number of pyridine rings is 1. The van der Waals surface area contributed by atoms with E-state index < -0.39 is 17.1 Å². The van der Waals surface area contributed by atoms with E-state index in [-0.39, 0.29) is 10.9 Å². The van der Waals surface area contributed by atoms with Crippen LogP contribution in [0.3, 0.4) is 0 Å². The number of rotatable bonds is 8. The third kappa shape index (κ3) is 4.27. The third-order valence-corrected chi connectivity index (χ3v) is 4.54. The van der Waals surface area contributed by atoms with Gasteiger partial charge in [0.1, 0.15) is 24.0 Å². The number of aromatic nitrogens is 1. The van der Waals surface area contributed by atoms with E-state index in [1.165, 1.54) is 0 Å². The van der Waals surface area contributed by atoms with Gasteiger partial charge in [-0.25, -0.2) is 8.78 Å². The molecule has 144 valence electrons. The summed E-state index contributed by atoms with van der Waals surface area (Å²) < 4.78 is 33.3. The standard InChI is InChI=1S/C21H24F2N2O2/c1-3-7-25(8-4-2)9-10-27-15-5-6-16-18(13-15)24-19-12-14(22)11-17(23)20(19)21(16)26/h5-6,11-13H,3-4,7-10H2,1-2H3,(H,24,26). The lowest BCUT2D eigenvalue weighted by atomic mass is 10.1. The second-order valence-electron chi connectivity index (χ2n) is 6.66. The van der Waals surface area contributed by atoms with Crippen LogP contribution in [0.2, 0.25) is 0 Å². The number of nitrogens with zero attached hydrogens (tertiary/aromatic N) is 1. The van der Waals surface area contributed by atoms with Gasteiger partial charge < -0.3 is 9.72 Å². The molecule has 0 bridgehead atoms. The van der Waals surface area contributed by atoms with Crippen LogP contribution in [0.25, 0.3) is 21.8 Å². The highest BCUT2D eigenvalue weighted by Gasteiger charge is 2.12. The van der Waals surface area contributed by atoms with Gasteiger partial charge in [-0.3, -0.25) is 9.69 Å². The minimum Gasteiger partial charge on any atom is -0.492 e. The van der Waals surface area contributed by atoms with Crippen molar-refractivity contribution >= 4 is 21.8 Å². The van der Waals surface area contributed by atoms with Gasteiger partial charge >= 0.3 is 0 Å². The fourth-order valence-corrected chi connectivity index (χ4v) is 3.36. The molecular weight excluding hydrogens is 350 g/mol. The molecule has 3 aromatic rings. The number of aromatic amines is 1. The van der Waals surface area contributed by atoms with Gasteiger partial charge in [0, 0.05) is 24.1 Å². The molecule has 0 aliphatic heterocycles. The number of H-pyrrole nitrogens is 1. The van der Waals surface area contributed by atoms with Crippen molar-refractivity contribution in [2.45, 2.75) is 26.7 Å². The Labute approximate surface area is 156 Å².